The van der Waals surface area contributed by atoms with E-state index >= 15 is 0 Å². The third kappa shape index (κ3) is 5.19. The third-order valence-electron chi connectivity index (χ3n) is 2.41. The Kier molecular flexibility index (Phi) is 6.65. The SMILES string of the molecule is CCOCC(C)Nc1nccn1CCCOC. The number of methoxy groups -OCH3 is 1. The van der Waals surface area contributed by atoms with Crippen LogP contribution < -0.4 is 5.32 Å². The maximum atomic E-state index is 5.36. The molecule has 0 fully saturated rings. The fourth-order valence-corrected chi connectivity index (χ4v) is 1.57. The summed E-state index contributed by atoms with van der Waals surface area (Å²) < 4.78 is 12.5. The Morgan fingerprint density at radius 3 is 3.06 bits per heavy atom. The van der Waals surface area contributed by atoms with Gasteiger partial charge in [-0.05, 0) is 20.3 Å². The molecule has 1 aromatic heterocycles. The van der Waals surface area contributed by atoms with Gasteiger partial charge >= 0.3 is 0 Å². The molecule has 0 amide bonds. The molecule has 0 radical (unpaired) electrons. The molecule has 0 saturated carbocycles. The first-order valence-corrected chi connectivity index (χ1v) is 6.12. The van der Waals surface area contributed by atoms with Crippen molar-refractivity contribution in [3.63, 3.8) is 0 Å². The molecule has 0 aromatic carbocycles. The van der Waals surface area contributed by atoms with Crippen molar-refractivity contribution in [1.82, 2.24) is 9.55 Å². The Morgan fingerprint density at radius 1 is 1.53 bits per heavy atom. The predicted octanol–water partition coefficient (Wildman–Crippen LogP) is 1.76. The zero-order valence-corrected chi connectivity index (χ0v) is 11.0. The quantitative estimate of drug-likeness (QED) is 0.669. The number of imidazole rings is 1. The molecule has 0 aliphatic heterocycles. The van der Waals surface area contributed by atoms with E-state index in [9.17, 15) is 0 Å². The lowest BCUT2D eigenvalue weighted by atomic mass is 10.4. The topological polar surface area (TPSA) is 48.3 Å². The van der Waals surface area contributed by atoms with Gasteiger partial charge in [-0.3, -0.25) is 0 Å². The van der Waals surface area contributed by atoms with Gasteiger partial charge in [0.25, 0.3) is 0 Å². The molecule has 1 unspecified atom stereocenters. The van der Waals surface area contributed by atoms with E-state index in [1.54, 1.807) is 7.11 Å². The van der Waals surface area contributed by atoms with E-state index < -0.39 is 0 Å². The molecular weight excluding hydrogens is 218 g/mol. The Bertz CT molecular complexity index is 302. The van der Waals surface area contributed by atoms with Crippen LogP contribution in [0.4, 0.5) is 5.95 Å². The predicted molar refractivity (Wildman–Crippen MR) is 68.3 cm³/mol. The molecule has 0 aliphatic rings. The number of ether oxygens (including phenoxy) is 2. The summed E-state index contributed by atoms with van der Waals surface area (Å²) in [5.41, 5.74) is 0. The van der Waals surface area contributed by atoms with Gasteiger partial charge in [-0.2, -0.15) is 0 Å². The van der Waals surface area contributed by atoms with Crippen LogP contribution in [0.25, 0.3) is 0 Å². The van der Waals surface area contributed by atoms with E-state index in [-0.39, 0.29) is 6.04 Å². The van der Waals surface area contributed by atoms with E-state index in [1.807, 2.05) is 19.3 Å². The molecule has 98 valence electrons. The molecule has 0 spiro atoms. The average molecular weight is 241 g/mol. The zero-order valence-electron chi connectivity index (χ0n) is 11.0. The highest BCUT2D eigenvalue weighted by atomic mass is 16.5. The molecule has 5 nitrogen and oxygen atoms in total. The van der Waals surface area contributed by atoms with Gasteiger partial charge < -0.3 is 19.4 Å². The highest BCUT2D eigenvalue weighted by molar-refractivity contribution is 5.27. The molecule has 1 atom stereocenters. The van der Waals surface area contributed by atoms with Crippen LogP contribution in [-0.2, 0) is 16.0 Å². The molecular formula is C12H23N3O2. The number of hydrogen-bond acceptors (Lipinski definition) is 4. The van der Waals surface area contributed by atoms with Gasteiger partial charge in [-0.1, -0.05) is 0 Å². The second-order valence-electron chi connectivity index (χ2n) is 4.00. The van der Waals surface area contributed by atoms with Crippen molar-refractivity contribution in [2.75, 3.05) is 32.2 Å². The highest BCUT2D eigenvalue weighted by Gasteiger charge is 2.06. The fourth-order valence-electron chi connectivity index (χ4n) is 1.57. The monoisotopic (exact) mass is 241 g/mol. The van der Waals surface area contributed by atoms with Gasteiger partial charge in [0, 0.05) is 45.3 Å². The number of aryl methyl sites for hydroxylation is 1. The Hall–Kier alpha value is -1.07. The minimum absolute atomic E-state index is 0.263. The fraction of sp³-hybridized carbons (Fsp3) is 0.750. The first kappa shape index (κ1) is 14.0. The van der Waals surface area contributed by atoms with Crippen molar-refractivity contribution in [1.29, 1.82) is 0 Å². The number of nitrogens with zero attached hydrogens (tertiary/aromatic N) is 2. The lowest BCUT2D eigenvalue weighted by molar-refractivity contribution is 0.141. The summed E-state index contributed by atoms with van der Waals surface area (Å²) in [6.45, 7) is 7.21. The van der Waals surface area contributed by atoms with Gasteiger partial charge in [-0.25, -0.2) is 4.98 Å². The normalized spacial score (nSPS) is 12.6. The van der Waals surface area contributed by atoms with Crippen molar-refractivity contribution in [2.24, 2.45) is 0 Å². The van der Waals surface area contributed by atoms with Gasteiger partial charge in [0.1, 0.15) is 0 Å². The van der Waals surface area contributed by atoms with Crippen LogP contribution in [-0.4, -0.2) is 42.5 Å². The van der Waals surface area contributed by atoms with Crippen LogP contribution in [0.15, 0.2) is 12.4 Å². The molecule has 1 heterocycles. The van der Waals surface area contributed by atoms with Crippen molar-refractivity contribution in [2.45, 2.75) is 32.9 Å². The van der Waals surface area contributed by atoms with Crippen molar-refractivity contribution >= 4 is 5.95 Å². The maximum absolute atomic E-state index is 5.36. The van der Waals surface area contributed by atoms with E-state index in [1.165, 1.54) is 0 Å². The molecule has 5 heteroatoms. The van der Waals surface area contributed by atoms with Crippen molar-refractivity contribution in [3.05, 3.63) is 12.4 Å². The van der Waals surface area contributed by atoms with Crippen LogP contribution in [0.2, 0.25) is 0 Å². The number of rotatable bonds is 9. The third-order valence-corrected chi connectivity index (χ3v) is 2.41. The van der Waals surface area contributed by atoms with Crippen LogP contribution >= 0.6 is 0 Å². The molecule has 0 saturated heterocycles. The summed E-state index contributed by atoms with van der Waals surface area (Å²) in [4.78, 5) is 4.30. The molecule has 1 aromatic rings. The lowest BCUT2D eigenvalue weighted by Gasteiger charge is -2.15. The summed E-state index contributed by atoms with van der Waals surface area (Å²) >= 11 is 0. The standard InChI is InChI=1S/C12H23N3O2/c1-4-17-10-11(2)14-12-13-6-8-15(12)7-5-9-16-3/h6,8,11H,4-5,7,9-10H2,1-3H3,(H,13,14). The van der Waals surface area contributed by atoms with Crippen molar-refractivity contribution < 1.29 is 9.47 Å². The Morgan fingerprint density at radius 2 is 2.35 bits per heavy atom. The van der Waals surface area contributed by atoms with E-state index in [4.69, 9.17) is 9.47 Å². The number of hydrogen-bond donors (Lipinski definition) is 1. The largest absolute Gasteiger partial charge is 0.385 e. The smallest absolute Gasteiger partial charge is 0.203 e. The Labute approximate surface area is 103 Å². The number of nitrogens with one attached hydrogen (secondary N) is 1. The van der Waals surface area contributed by atoms with Gasteiger partial charge in [0.15, 0.2) is 0 Å². The molecule has 0 bridgehead atoms. The molecule has 0 aliphatic carbocycles. The average Bonchev–Trinajstić information content (AvgIpc) is 2.74. The molecule has 1 rings (SSSR count). The number of aromatic nitrogens is 2. The van der Waals surface area contributed by atoms with Crippen LogP contribution in [0.1, 0.15) is 20.3 Å². The molecule has 1 N–H and O–H groups in total. The van der Waals surface area contributed by atoms with E-state index in [0.29, 0.717) is 6.61 Å². The van der Waals surface area contributed by atoms with Gasteiger partial charge in [0.2, 0.25) is 5.95 Å². The lowest BCUT2D eigenvalue weighted by Crippen LogP contribution is -2.24. The first-order valence-electron chi connectivity index (χ1n) is 6.12. The minimum atomic E-state index is 0.263. The Balaban J connectivity index is 2.39. The summed E-state index contributed by atoms with van der Waals surface area (Å²) in [5.74, 6) is 0.897. The second-order valence-corrected chi connectivity index (χ2v) is 4.00. The van der Waals surface area contributed by atoms with Gasteiger partial charge in [-0.15, -0.1) is 0 Å². The van der Waals surface area contributed by atoms with Crippen LogP contribution in [0, 0.1) is 0 Å². The summed E-state index contributed by atoms with van der Waals surface area (Å²) in [5, 5.41) is 3.34. The number of anilines is 1. The van der Waals surface area contributed by atoms with E-state index in [0.717, 1.165) is 32.1 Å². The maximum Gasteiger partial charge on any atom is 0.203 e. The highest BCUT2D eigenvalue weighted by Crippen LogP contribution is 2.07. The second kappa shape index (κ2) is 8.08. The minimum Gasteiger partial charge on any atom is -0.385 e. The zero-order chi connectivity index (χ0) is 12.5. The first-order chi connectivity index (χ1) is 8.27. The summed E-state index contributed by atoms with van der Waals surface area (Å²) in [6, 6.07) is 0.263. The summed E-state index contributed by atoms with van der Waals surface area (Å²) in [6.07, 6.45) is 4.77. The molecule has 17 heavy (non-hydrogen) atoms. The van der Waals surface area contributed by atoms with Crippen LogP contribution in [0.5, 0.6) is 0 Å². The summed E-state index contributed by atoms with van der Waals surface area (Å²) in [7, 11) is 1.72. The van der Waals surface area contributed by atoms with Crippen molar-refractivity contribution in [3.8, 4) is 0 Å². The van der Waals surface area contributed by atoms with Crippen LogP contribution in [0.3, 0.4) is 0 Å². The van der Waals surface area contributed by atoms with Gasteiger partial charge in [0.05, 0.1) is 6.61 Å². The van der Waals surface area contributed by atoms with E-state index in [2.05, 4.69) is 21.8 Å².